The number of amides is 2. The molecular weight excluding hydrogens is 388 g/mol. The van der Waals surface area contributed by atoms with Crippen LogP contribution in [0.1, 0.15) is 40.6 Å². The molecule has 2 amide bonds. The summed E-state index contributed by atoms with van der Waals surface area (Å²) in [6.45, 7) is 0.197. The number of nitrogens with zero attached hydrogens (tertiary/aromatic N) is 2. The number of esters is 1. The number of carbonyl (C=O) groups excluding carboxylic acids is 3. The molecule has 2 heterocycles. The van der Waals surface area contributed by atoms with Crippen LogP contribution >= 0.6 is 0 Å². The molecule has 2 aliphatic heterocycles. The van der Waals surface area contributed by atoms with Gasteiger partial charge in [0.15, 0.2) is 13.0 Å². The highest BCUT2D eigenvalue weighted by molar-refractivity contribution is 5.98. The predicted octanol–water partition coefficient (Wildman–Crippen LogP) is 2.44. The third kappa shape index (κ3) is 3.86. The van der Waals surface area contributed by atoms with Gasteiger partial charge in [-0.3, -0.25) is 9.69 Å². The second-order valence-electron chi connectivity index (χ2n) is 7.22. The van der Waals surface area contributed by atoms with Gasteiger partial charge in [-0.1, -0.05) is 48.5 Å². The van der Waals surface area contributed by atoms with Gasteiger partial charge in [0, 0.05) is 17.7 Å². The van der Waals surface area contributed by atoms with Gasteiger partial charge in [0.05, 0.1) is 0 Å². The zero-order valence-electron chi connectivity index (χ0n) is 16.3. The van der Waals surface area contributed by atoms with Gasteiger partial charge in [-0.05, 0) is 24.5 Å². The van der Waals surface area contributed by atoms with Gasteiger partial charge >= 0.3 is 12.1 Å². The maximum absolute atomic E-state index is 12.5. The zero-order chi connectivity index (χ0) is 21.1. The van der Waals surface area contributed by atoms with Crippen molar-refractivity contribution in [2.24, 2.45) is 0 Å². The molecule has 2 atom stereocenters. The van der Waals surface area contributed by atoms with Crippen molar-refractivity contribution in [2.45, 2.75) is 31.7 Å². The number of aliphatic hydroxyl groups is 1. The summed E-state index contributed by atoms with van der Waals surface area (Å²) in [5.74, 6) is -0.741. The van der Waals surface area contributed by atoms with Crippen LogP contribution < -0.4 is 0 Å². The highest BCUT2D eigenvalue weighted by Crippen LogP contribution is 2.31. The summed E-state index contributed by atoms with van der Waals surface area (Å²) < 4.78 is 10.3. The highest BCUT2D eigenvalue weighted by atomic mass is 16.6. The second-order valence-corrected chi connectivity index (χ2v) is 7.22. The van der Waals surface area contributed by atoms with Gasteiger partial charge in [0.1, 0.15) is 12.6 Å². The minimum atomic E-state index is -1.00. The Labute approximate surface area is 173 Å². The number of cyclic esters (lactones) is 1. The molecule has 2 aliphatic rings. The van der Waals surface area contributed by atoms with Gasteiger partial charge in [0.25, 0.3) is 5.91 Å². The lowest BCUT2D eigenvalue weighted by Gasteiger charge is -2.23. The van der Waals surface area contributed by atoms with Crippen molar-refractivity contribution in [1.29, 1.82) is 0 Å². The fraction of sp³-hybridized carbons (Fsp3) is 0.318. The summed E-state index contributed by atoms with van der Waals surface area (Å²) in [6.07, 6.45) is -0.916. The lowest BCUT2D eigenvalue weighted by molar-refractivity contribution is -0.139. The van der Waals surface area contributed by atoms with Crippen molar-refractivity contribution < 1.29 is 29.0 Å². The molecule has 1 N–H and O–H groups in total. The molecule has 2 aromatic rings. The van der Waals surface area contributed by atoms with E-state index in [1.807, 2.05) is 30.3 Å². The molecule has 156 valence electrons. The third-order valence-corrected chi connectivity index (χ3v) is 5.34. The van der Waals surface area contributed by atoms with Crippen LogP contribution in [0.2, 0.25) is 0 Å². The number of ether oxygens (including phenoxy) is 2. The molecule has 0 spiro atoms. The lowest BCUT2D eigenvalue weighted by atomic mass is 10.1. The first-order chi connectivity index (χ1) is 14.6. The molecule has 8 heteroatoms. The molecule has 0 aromatic heterocycles. The third-order valence-electron chi connectivity index (χ3n) is 5.34. The predicted molar refractivity (Wildman–Crippen MR) is 105 cm³/mol. The first-order valence-electron chi connectivity index (χ1n) is 9.78. The second kappa shape index (κ2) is 8.54. The van der Waals surface area contributed by atoms with E-state index in [0.717, 1.165) is 5.56 Å². The minimum absolute atomic E-state index is 0.101. The standard InChI is InChI=1S/C22H22N2O6/c25-19-16-9-4-5-10-17(16)20(26)23(19)12-6-11-18-21(27)30-14-24(18)22(28)29-13-15-7-2-1-3-8-15/h1-5,7-10,18-19,25H,6,11-14H2/t18-,19?/m0/s1. The van der Waals surface area contributed by atoms with Crippen molar-refractivity contribution in [3.05, 3.63) is 71.3 Å². The Morgan fingerprint density at radius 2 is 1.83 bits per heavy atom. The first kappa shape index (κ1) is 19.9. The smallest absolute Gasteiger partial charge is 0.413 e. The average Bonchev–Trinajstić information content (AvgIpc) is 3.26. The molecule has 30 heavy (non-hydrogen) atoms. The van der Waals surface area contributed by atoms with E-state index in [1.165, 1.54) is 9.80 Å². The van der Waals surface area contributed by atoms with Crippen LogP contribution in [0.3, 0.4) is 0 Å². The Hall–Kier alpha value is -3.39. The van der Waals surface area contributed by atoms with E-state index in [4.69, 9.17) is 9.47 Å². The Bertz CT molecular complexity index is 948. The SMILES string of the molecule is O=C1OCN(C(=O)OCc2ccccc2)[C@H]1CCCN1C(=O)c2ccccc2C1O. The van der Waals surface area contributed by atoms with E-state index in [2.05, 4.69) is 0 Å². The molecule has 1 fully saturated rings. The van der Waals surface area contributed by atoms with Crippen LogP contribution in [-0.4, -0.2) is 52.2 Å². The van der Waals surface area contributed by atoms with E-state index in [9.17, 15) is 19.5 Å². The van der Waals surface area contributed by atoms with Crippen molar-refractivity contribution in [1.82, 2.24) is 9.80 Å². The molecule has 0 bridgehead atoms. The minimum Gasteiger partial charge on any atom is -0.444 e. The van der Waals surface area contributed by atoms with Crippen molar-refractivity contribution >= 4 is 18.0 Å². The quantitative estimate of drug-likeness (QED) is 0.735. The molecular formula is C22H22N2O6. The number of benzene rings is 2. The molecule has 0 radical (unpaired) electrons. The maximum Gasteiger partial charge on any atom is 0.413 e. The molecule has 8 nitrogen and oxygen atoms in total. The molecule has 4 rings (SSSR count). The van der Waals surface area contributed by atoms with Crippen LogP contribution in [0.5, 0.6) is 0 Å². The largest absolute Gasteiger partial charge is 0.444 e. The number of hydrogen-bond donors (Lipinski definition) is 1. The van der Waals surface area contributed by atoms with Crippen LogP contribution in [-0.2, 0) is 20.9 Å². The van der Waals surface area contributed by atoms with Gasteiger partial charge in [0.2, 0.25) is 0 Å². The number of carbonyl (C=O) groups is 3. The van der Waals surface area contributed by atoms with Crippen LogP contribution in [0.25, 0.3) is 0 Å². The molecule has 1 unspecified atom stereocenters. The molecule has 2 aromatic carbocycles. The topological polar surface area (TPSA) is 96.4 Å². The normalized spacial score (nSPS) is 20.3. The Morgan fingerprint density at radius 1 is 1.10 bits per heavy atom. The Balaban J connectivity index is 1.31. The number of rotatable bonds is 6. The van der Waals surface area contributed by atoms with Gasteiger partial charge in [-0.25, -0.2) is 9.59 Å². The van der Waals surface area contributed by atoms with Crippen molar-refractivity contribution in [3.8, 4) is 0 Å². The van der Waals surface area contributed by atoms with Gasteiger partial charge < -0.3 is 19.5 Å². The van der Waals surface area contributed by atoms with Crippen LogP contribution in [0.4, 0.5) is 4.79 Å². The monoisotopic (exact) mass is 410 g/mol. The van der Waals surface area contributed by atoms with E-state index in [1.54, 1.807) is 24.3 Å². The lowest BCUT2D eigenvalue weighted by Crippen LogP contribution is -2.39. The van der Waals surface area contributed by atoms with E-state index < -0.39 is 24.3 Å². The summed E-state index contributed by atoms with van der Waals surface area (Å²) in [7, 11) is 0. The number of fused-ring (bicyclic) bond motifs is 1. The fourth-order valence-electron chi connectivity index (χ4n) is 3.73. The molecule has 1 saturated heterocycles. The first-order valence-corrected chi connectivity index (χ1v) is 9.78. The summed E-state index contributed by atoms with van der Waals surface area (Å²) in [5.41, 5.74) is 1.90. The maximum atomic E-state index is 12.5. The van der Waals surface area contributed by atoms with E-state index in [-0.39, 0.29) is 25.8 Å². The summed E-state index contributed by atoms with van der Waals surface area (Å²) in [5, 5.41) is 10.4. The van der Waals surface area contributed by atoms with E-state index in [0.29, 0.717) is 24.0 Å². The number of hydrogen-bond acceptors (Lipinski definition) is 6. The van der Waals surface area contributed by atoms with Gasteiger partial charge in [-0.2, -0.15) is 0 Å². The Morgan fingerprint density at radius 3 is 2.60 bits per heavy atom. The van der Waals surface area contributed by atoms with Crippen molar-refractivity contribution in [3.63, 3.8) is 0 Å². The number of aliphatic hydroxyl groups excluding tert-OH is 1. The van der Waals surface area contributed by atoms with Crippen LogP contribution in [0, 0.1) is 0 Å². The molecule has 0 aliphatic carbocycles. The zero-order valence-corrected chi connectivity index (χ0v) is 16.3. The van der Waals surface area contributed by atoms with E-state index >= 15 is 0 Å². The highest BCUT2D eigenvalue weighted by Gasteiger charge is 2.39. The Kier molecular flexibility index (Phi) is 5.67. The van der Waals surface area contributed by atoms with Crippen molar-refractivity contribution in [2.75, 3.05) is 13.3 Å². The summed E-state index contributed by atoms with van der Waals surface area (Å²) >= 11 is 0. The molecule has 0 saturated carbocycles. The van der Waals surface area contributed by atoms with Gasteiger partial charge in [-0.15, -0.1) is 0 Å². The average molecular weight is 410 g/mol. The van der Waals surface area contributed by atoms with Crippen LogP contribution in [0.15, 0.2) is 54.6 Å². The summed E-state index contributed by atoms with van der Waals surface area (Å²) in [6, 6.07) is 15.4. The fourth-order valence-corrected chi connectivity index (χ4v) is 3.73. The summed E-state index contributed by atoms with van der Waals surface area (Å²) in [4.78, 5) is 39.6.